The Balaban J connectivity index is 1.45. The van der Waals surface area contributed by atoms with Crippen LogP contribution in [0.1, 0.15) is 27.2 Å². The molecule has 0 radical (unpaired) electrons. The first-order valence-electron chi connectivity index (χ1n) is 11.2. The summed E-state index contributed by atoms with van der Waals surface area (Å²) in [5.41, 5.74) is 4.72. The second-order valence-electron chi connectivity index (χ2n) is 8.42. The molecule has 34 heavy (non-hydrogen) atoms. The number of anilines is 2. The molecule has 0 bridgehead atoms. The van der Waals surface area contributed by atoms with Crippen molar-refractivity contribution < 1.29 is 14.0 Å². The minimum atomic E-state index is -0.417. The molecule has 0 aliphatic carbocycles. The Hall–Kier alpha value is -4.38. The van der Waals surface area contributed by atoms with Gasteiger partial charge in [0.15, 0.2) is 0 Å². The lowest BCUT2D eigenvalue weighted by molar-refractivity contribution is -0.115. The van der Waals surface area contributed by atoms with E-state index < -0.39 is 5.91 Å². The maximum atomic E-state index is 13.2. The molecule has 168 valence electrons. The van der Waals surface area contributed by atoms with Crippen LogP contribution < -0.4 is 10.6 Å². The van der Waals surface area contributed by atoms with Gasteiger partial charge in [0.1, 0.15) is 11.3 Å². The molecule has 2 N–H and O–H groups in total. The number of aryl methyl sites for hydroxylation is 2. The van der Waals surface area contributed by atoms with Gasteiger partial charge in [-0.3, -0.25) is 9.59 Å². The topological polar surface area (TPSA) is 71.3 Å². The highest BCUT2D eigenvalue weighted by molar-refractivity contribution is 6.14. The third-order valence-corrected chi connectivity index (χ3v) is 6.06. The van der Waals surface area contributed by atoms with Crippen LogP contribution in [-0.4, -0.2) is 11.8 Å². The Morgan fingerprint density at radius 3 is 2.32 bits per heavy atom. The lowest BCUT2D eigenvalue weighted by Crippen LogP contribution is -2.18. The lowest BCUT2D eigenvalue weighted by atomic mass is 10.0. The third kappa shape index (κ3) is 4.16. The Labute approximate surface area is 197 Å². The molecule has 0 spiro atoms. The fraction of sp³-hybridized carbons (Fsp3) is 0.103. The molecule has 1 heterocycles. The fourth-order valence-corrected chi connectivity index (χ4v) is 4.14. The first-order chi connectivity index (χ1) is 16.5. The van der Waals surface area contributed by atoms with E-state index in [1.54, 1.807) is 6.07 Å². The molecule has 4 aromatic carbocycles. The van der Waals surface area contributed by atoms with E-state index in [-0.39, 0.29) is 18.1 Å². The molecule has 0 saturated carbocycles. The summed E-state index contributed by atoms with van der Waals surface area (Å²) < 4.78 is 5.88. The summed E-state index contributed by atoms with van der Waals surface area (Å²) >= 11 is 0. The third-order valence-electron chi connectivity index (χ3n) is 6.06. The van der Waals surface area contributed by atoms with Crippen molar-refractivity contribution in [3.05, 3.63) is 107 Å². The first kappa shape index (κ1) is 21.5. The highest BCUT2D eigenvalue weighted by Gasteiger charge is 2.23. The Bertz CT molecular complexity index is 1540. The van der Waals surface area contributed by atoms with E-state index in [0.29, 0.717) is 22.3 Å². The Morgan fingerprint density at radius 1 is 0.765 bits per heavy atom. The predicted molar refractivity (Wildman–Crippen MR) is 136 cm³/mol. The van der Waals surface area contributed by atoms with Gasteiger partial charge in [-0.2, -0.15) is 0 Å². The number of amides is 2. The average Bonchev–Trinajstić information content (AvgIpc) is 3.20. The van der Waals surface area contributed by atoms with Gasteiger partial charge in [-0.05, 0) is 65.6 Å². The standard InChI is InChI=1S/C29H24N2O3/c1-18-14-15-22(16-19(18)2)30-29(33)28-27(24-12-5-6-13-25(24)34-28)31-26(32)17-21-10-7-9-20-8-3-4-11-23(20)21/h3-16H,17H2,1-2H3,(H,30,33)(H,31,32). The molecule has 1 aromatic heterocycles. The molecule has 0 aliphatic heterocycles. The highest BCUT2D eigenvalue weighted by atomic mass is 16.3. The summed E-state index contributed by atoms with van der Waals surface area (Å²) in [6.45, 7) is 4.01. The maximum Gasteiger partial charge on any atom is 0.293 e. The summed E-state index contributed by atoms with van der Waals surface area (Å²) in [4.78, 5) is 26.3. The van der Waals surface area contributed by atoms with Crippen LogP contribution in [0.25, 0.3) is 21.7 Å². The van der Waals surface area contributed by atoms with E-state index in [2.05, 4.69) is 10.6 Å². The molecule has 0 unspecified atom stereocenters. The number of rotatable bonds is 5. The van der Waals surface area contributed by atoms with Crippen LogP contribution in [0.5, 0.6) is 0 Å². The number of hydrogen-bond acceptors (Lipinski definition) is 3. The monoisotopic (exact) mass is 448 g/mol. The van der Waals surface area contributed by atoms with Gasteiger partial charge in [-0.1, -0.05) is 60.7 Å². The van der Waals surface area contributed by atoms with E-state index in [4.69, 9.17) is 4.42 Å². The molecular formula is C29H24N2O3. The van der Waals surface area contributed by atoms with Crippen LogP contribution in [0.2, 0.25) is 0 Å². The minimum Gasteiger partial charge on any atom is -0.449 e. The number of nitrogens with one attached hydrogen (secondary N) is 2. The van der Waals surface area contributed by atoms with Crippen LogP contribution in [0.15, 0.2) is 89.3 Å². The largest absolute Gasteiger partial charge is 0.449 e. The van der Waals surface area contributed by atoms with Crippen LogP contribution in [0.4, 0.5) is 11.4 Å². The van der Waals surface area contributed by atoms with Crippen molar-refractivity contribution in [3.8, 4) is 0 Å². The number of hydrogen-bond donors (Lipinski definition) is 2. The quantitative estimate of drug-likeness (QED) is 0.317. The number of fused-ring (bicyclic) bond motifs is 2. The number of benzene rings is 4. The van der Waals surface area contributed by atoms with Gasteiger partial charge in [0.25, 0.3) is 5.91 Å². The molecule has 2 amide bonds. The second kappa shape index (κ2) is 8.87. The summed E-state index contributed by atoms with van der Waals surface area (Å²) in [6, 6.07) is 26.9. The summed E-state index contributed by atoms with van der Waals surface area (Å²) in [5, 5.41) is 8.62. The molecule has 5 nitrogen and oxygen atoms in total. The number of para-hydroxylation sites is 1. The van der Waals surface area contributed by atoms with E-state index in [1.807, 2.05) is 92.7 Å². The molecule has 0 fully saturated rings. The van der Waals surface area contributed by atoms with Crippen molar-refractivity contribution in [1.29, 1.82) is 0 Å². The van der Waals surface area contributed by atoms with Crippen LogP contribution in [-0.2, 0) is 11.2 Å². The minimum absolute atomic E-state index is 0.0747. The summed E-state index contributed by atoms with van der Waals surface area (Å²) in [7, 11) is 0. The zero-order valence-corrected chi connectivity index (χ0v) is 19.0. The molecule has 0 aliphatic rings. The molecule has 5 heteroatoms. The molecule has 5 rings (SSSR count). The van der Waals surface area contributed by atoms with Gasteiger partial charge in [0.2, 0.25) is 11.7 Å². The van der Waals surface area contributed by atoms with Gasteiger partial charge in [0, 0.05) is 11.1 Å². The van der Waals surface area contributed by atoms with Crippen molar-refractivity contribution in [3.63, 3.8) is 0 Å². The summed E-state index contributed by atoms with van der Waals surface area (Å²) in [6.07, 6.45) is 0.180. The zero-order valence-electron chi connectivity index (χ0n) is 19.0. The van der Waals surface area contributed by atoms with E-state index >= 15 is 0 Å². The molecule has 5 aromatic rings. The van der Waals surface area contributed by atoms with Crippen LogP contribution in [0, 0.1) is 13.8 Å². The zero-order chi connectivity index (χ0) is 23.7. The van der Waals surface area contributed by atoms with E-state index in [9.17, 15) is 9.59 Å². The Kier molecular flexibility index (Phi) is 5.60. The van der Waals surface area contributed by atoms with E-state index in [1.165, 1.54) is 0 Å². The first-order valence-corrected chi connectivity index (χ1v) is 11.2. The number of carbonyl (C=O) groups excluding carboxylic acids is 2. The molecule has 0 saturated heterocycles. The molecular weight excluding hydrogens is 424 g/mol. The molecule has 0 atom stereocenters. The van der Waals surface area contributed by atoms with Crippen LogP contribution in [0.3, 0.4) is 0 Å². The van der Waals surface area contributed by atoms with Gasteiger partial charge >= 0.3 is 0 Å². The van der Waals surface area contributed by atoms with Crippen molar-refractivity contribution >= 4 is 44.9 Å². The van der Waals surface area contributed by atoms with Crippen LogP contribution >= 0.6 is 0 Å². The van der Waals surface area contributed by atoms with Gasteiger partial charge in [0.05, 0.1) is 6.42 Å². The van der Waals surface area contributed by atoms with Crippen molar-refractivity contribution in [2.24, 2.45) is 0 Å². The summed E-state index contributed by atoms with van der Waals surface area (Å²) in [5.74, 6) is -0.561. The number of carbonyl (C=O) groups is 2. The SMILES string of the molecule is Cc1ccc(NC(=O)c2oc3ccccc3c2NC(=O)Cc2cccc3ccccc23)cc1C. The van der Waals surface area contributed by atoms with Crippen molar-refractivity contribution in [2.75, 3.05) is 10.6 Å². The lowest BCUT2D eigenvalue weighted by Gasteiger charge is -2.10. The smallest absolute Gasteiger partial charge is 0.293 e. The van der Waals surface area contributed by atoms with E-state index in [0.717, 1.165) is 27.5 Å². The van der Waals surface area contributed by atoms with Crippen molar-refractivity contribution in [2.45, 2.75) is 20.3 Å². The second-order valence-corrected chi connectivity index (χ2v) is 8.42. The highest BCUT2D eigenvalue weighted by Crippen LogP contribution is 2.32. The van der Waals surface area contributed by atoms with Crippen molar-refractivity contribution in [1.82, 2.24) is 0 Å². The van der Waals surface area contributed by atoms with Gasteiger partial charge in [-0.15, -0.1) is 0 Å². The normalized spacial score (nSPS) is 11.0. The fourth-order valence-electron chi connectivity index (χ4n) is 4.14. The van der Waals surface area contributed by atoms with Gasteiger partial charge < -0.3 is 15.1 Å². The average molecular weight is 449 g/mol. The Morgan fingerprint density at radius 2 is 1.50 bits per heavy atom. The predicted octanol–water partition coefficient (Wildman–Crippen LogP) is 6.64. The van der Waals surface area contributed by atoms with Gasteiger partial charge in [-0.25, -0.2) is 0 Å². The number of furan rings is 1. The maximum absolute atomic E-state index is 13.2.